The number of halogens is 1. The van der Waals surface area contributed by atoms with Gasteiger partial charge in [0.25, 0.3) is 0 Å². The van der Waals surface area contributed by atoms with E-state index in [1.165, 1.54) is 24.8 Å². The van der Waals surface area contributed by atoms with Crippen LogP contribution in [0.3, 0.4) is 0 Å². The van der Waals surface area contributed by atoms with Crippen molar-refractivity contribution in [1.29, 1.82) is 0 Å². The Hall–Kier alpha value is -0.610. The lowest BCUT2D eigenvalue weighted by Gasteiger charge is -2.33. The molecule has 3 nitrogen and oxygen atoms in total. The molecule has 0 amide bonds. The fraction of sp³-hybridized carbons (Fsp3) is 0.647. The van der Waals surface area contributed by atoms with Gasteiger partial charge in [-0.25, -0.2) is 0 Å². The smallest absolute Gasteiger partial charge is 0.0912 e. The Morgan fingerprint density at radius 2 is 1.71 bits per heavy atom. The summed E-state index contributed by atoms with van der Waals surface area (Å²) in [5, 5.41) is 11.6. The average molecular weight is 309 g/mol. The summed E-state index contributed by atoms with van der Waals surface area (Å²) in [6.45, 7) is 5.81. The first kappa shape index (κ1) is 15.3. The van der Waals surface area contributed by atoms with Crippen molar-refractivity contribution in [3.05, 3.63) is 34.9 Å². The van der Waals surface area contributed by atoms with Gasteiger partial charge in [0.15, 0.2) is 0 Å². The van der Waals surface area contributed by atoms with Crippen LogP contribution in [-0.2, 0) is 6.54 Å². The molecule has 0 bridgehead atoms. The summed E-state index contributed by atoms with van der Waals surface area (Å²) >= 11 is 5.92. The molecule has 4 heteroatoms. The van der Waals surface area contributed by atoms with Gasteiger partial charge in [0.05, 0.1) is 5.60 Å². The average Bonchev–Trinajstić information content (AvgIpc) is 2.83. The van der Waals surface area contributed by atoms with Crippen LogP contribution < -0.4 is 0 Å². The van der Waals surface area contributed by atoms with Gasteiger partial charge in [0.1, 0.15) is 0 Å². The van der Waals surface area contributed by atoms with Crippen molar-refractivity contribution >= 4 is 11.6 Å². The summed E-state index contributed by atoms with van der Waals surface area (Å²) in [6, 6.07) is 8.02. The molecule has 116 valence electrons. The molecule has 1 aromatic carbocycles. The first-order valence-electron chi connectivity index (χ1n) is 8.05. The predicted molar refractivity (Wildman–Crippen MR) is 86.6 cm³/mol. The topological polar surface area (TPSA) is 26.7 Å². The quantitative estimate of drug-likeness (QED) is 0.926. The van der Waals surface area contributed by atoms with E-state index in [1.807, 2.05) is 12.1 Å². The zero-order valence-corrected chi connectivity index (χ0v) is 13.4. The second kappa shape index (κ2) is 6.66. The SMILES string of the molecule is OC1(CN2CCCCC2)CCN(Cc2ccc(Cl)cc2)C1. The fourth-order valence-corrected chi connectivity index (χ4v) is 3.71. The Balaban J connectivity index is 1.52. The number of aliphatic hydroxyl groups is 1. The summed E-state index contributed by atoms with van der Waals surface area (Å²) in [7, 11) is 0. The second-order valence-corrected chi connectivity index (χ2v) is 7.08. The maximum Gasteiger partial charge on any atom is 0.0912 e. The van der Waals surface area contributed by atoms with Crippen LogP contribution in [0.15, 0.2) is 24.3 Å². The zero-order chi connectivity index (χ0) is 14.7. The summed E-state index contributed by atoms with van der Waals surface area (Å²) < 4.78 is 0. The van der Waals surface area contributed by atoms with Crippen LogP contribution in [0.4, 0.5) is 0 Å². The van der Waals surface area contributed by atoms with Crippen LogP contribution in [0.1, 0.15) is 31.2 Å². The highest BCUT2D eigenvalue weighted by molar-refractivity contribution is 6.30. The number of rotatable bonds is 4. The normalized spacial score (nSPS) is 28.1. The van der Waals surface area contributed by atoms with Gasteiger partial charge in [-0.05, 0) is 50.0 Å². The van der Waals surface area contributed by atoms with Crippen LogP contribution >= 0.6 is 11.6 Å². The second-order valence-electron chi connectivity index (χ2n) is 6.65. The van der Waals surface area contributed by atoms with Crippen LogP contribution in [0.5, 0.6) is 0 Å². The molecule has 0 saturated carbocycles. The van der Waals surface area contributed by atoms with Crippen molar-refractivity contribution in [2.45, 2.75) is 37.8 Å². The first-order chi connectivity index (χ1) is 10.1. The summed E-state index contributed by atoms with van der Waals surface area (Å²) in [6.07, 6.45) is 4.80. The molecule has 1 aromatic rings. The van der Waals surface area contributed by atoms with E-state index in [9.17, 15) is 5.11 Å². The highest BCUT2D eigenvalue weighted by Crippen LogP contribution is 2.25. The van der Waals surface area contributed by atoms with Crippen LogP contribution in [0.25, 0.3) is 0 Å². The largest absolute Gasteiger partial charge is 0.387 e. The molecule has 2 aliphatic rings. The summed E-state index contributed by atoms with van der Waals surface area (Å²) in [5.74, 6) is 0. The van der Waals surface area contributed by atoms with Gasteiger partial charge in [0.2, 0.25) is 0 Å². The number of nitrogens with zero attached hydrogens (tertiary/aromatic N) is 2. The summed E-state index contributed by atoms with van der Waals surface area (Å²) in [4.78, 5) is 4.79. The lowest BCUT2D eigenvalue weighted by molar-refractivity contribution is 0.00635. The predicted octanol–water partition coefficient (Wildman–Crippen LogP) is 2.76. The molecule has 3 rings (SSSR count). The Morgan fingerprint density at radius 3 is 2.43 bits per heavy atom. The van der Waals surface area contributed by atoms with E-state index in [2.05, 4.69) is 21.9 Å². The van der Waals surface area contributed by atoms with Gasteiger partial charge in [0, 0.05) is 31.2 Å². The molecule has 0 aromatic heterocycles. The number of hydrogen-bond donors (Lipinski definition) is 1. The van der Waals surface area contributed by atoms with E-state index >= 15 is 0 Å². The van der Waals surface area contributed by atoms with Gasteiger partial charge >= 0.3 is 0 Å². The molecule has 2 heterocycles. The molecule has 2 fully saturated rings. The van der Waals surface area contributed by atoms with Crippen molar-refractivity contribution < 1.29 is 5.11 Å². The minimum absolute atomic E-state index is 0.524. The van der Waals surface area contributed by atoms with E-state index in [1.54, 1.807) is 0 Å². The lowest BCUT2D eigenvalue weighted by Crippen LogP contribution is -2.46. The third-order valence-corrected chi connectivity index (χ3v) is 4.95. The van der Waals surface area contributed by atoms with Gasteiger partial charge in [-0.2, -0.15) is 0 Å². The number of hydrogen-bond acceptors (Lipinski definition) is 3. The van der Waals surface area contributed by atoms with E-state index in [0.29, 0.717) is 0 Å². The Labute approximate surface area is 132 Å². The number of benzene rings is 1. The highest BCUT2D eigenvalue weighted by atomic mass is 35.5. The summed E-state index contributed by atoms with van der Waals surface area (Å²) in [5.41, 5.74) is 0.741. The molecular weight excluding hydrogens is 284 g/mol. The third kappa shape index (κ3) is 4.19. The molecule has 2 aliphatic heterocycles. The van der Waals surface area contributed by atoms with Gasteiger partial charge in [-0.15, -0.1) is 0 Å². The number of piperidine rings is 1. The lowest BCUT2D eigenvalue weighted by atomic mass is 10.0. The van der Waals surface area contributed by atoms with E-state index < -0.39 is 5.60 Å². The molecule has 0 spiro atoms. The maximum atomic E-state index is 10.8. The Kier molecular flexibility index (Phi) is 4.85. The van der Waals surface area contributed by atoms with E-state index in [0.717, 1.165) is 50.7 Å². The molecule has 21 heavy (non-hydrogen) atoms. The van der Waals surface area contributed by atoms with Crippen LogP contribution in [0, 0.1) is 0 Å². The maximum absolute atomic E-state index is 10.8. The monoisotopic (exact) mass is 308 g/mol. The van der Waals surface area contributed by atoms with Crippen molar-refractivity contribution in [2.75, 3.05) is 32.7 Å². The molecule has 1 N–H and O–H groups in total. The van der Waals surface area contributed by atoms with Crippen molar-refractivity contribution in [3.63, 3.8) is 0 Å². The first-order valence-corrected chi connectivity index (χ1v) is 8.42. The molecule has 0 aliphatic carbocycles. The minimum atomic E-state index is -0.524. The van der Waals surface area contributed by atoms with Crippen molar-refractivity contribution in [2.24, 2.45) is 0 Å². The Morgan fingerprint density at radius 1 is 1.00 bits per heavy atom. The van der Waals surface area contributed by atoms with E-state index in [4.69, 9.17) is 11.6 Å². The van der Waals surface area contributed by atoms with Crippen LogP contribution in [-0.4, -0.2) is 53.2 Å². The van der Waals surface area contributed by atoms with Crippen LogP contribution in [0.2, 0.25) is 5.02 Å². The fourth-order valence-electron chi connectivity index (χ4n) is 3.59. The van der Waals surface area contributed by atoms with Gasteiger partial charge < -0.3 is 10.0 Å². The highest BCUT2D eigenvalue weighted by Gasteiger charge is 2.37. The zero-order valence-electron chi connectivity index (χ0n) is 12.6. The number of β-amino-alcohol motifs (C(OH)–C–C–N with tert-alkyl or cyclic N) is 1. The molecular formula is C17H25ClN2O. The van der Waals surface area contributed by atoms with Gasteiger partial charge in [-0.3, -0.25) is 4.90 Å². The Bertz CT molecular complexity index is 458. The molecule has 2 saturated heterocycles. The molecule has 1 unspecified atom stereocenters. The standard InChI is InChI=1S/C17H25ClN2O/c18-16-6-4-15(5-7-16)12-20-11-8-17(21,14-20)13-19-9-2-1-3-10-19/h4-7,21H,1-3,8-14H2. The molecule has 0 radical (unpaired) electrons. The van der Waals surface area contributed by atoms with Gasteiger partial charge in [-0.1, -0.05) is 30.2 Å². The molecule has 1 atom stereocenters. The van der Waals surface area contributed by atoms with Crippen molar-refractivity contribution in [1.82, 2.24) is 9.80 Å². The van der Waals surface area contributed by atoms with E-state index in [-0.39, 0.29) is 0 Å². The minimum Gasteiger partial charge on any atom is -0.387 e. The number of likely N-dealkylation sites (tertiary alicyclic amines) is 2. The third-order valence-electron chi connectivity index (χ3n) is 4.70. The van der Waals surface area contributed by atoms with Crippen molar-refractivity contribution in [3.8, 4) is 0 Å².